The van der Waals surface area contributed by atoms with Gasteiger partial charge in [0.15, 0.2) is 0 Å². The molecule has 0 atom stereocenters. The van der Waals surface area contributed by atoms with Gasteiger partial charge in [0.2, 0.25) is 0 Å². The molecular weight excluding hydrogens is 252 g/mol. The first-order chi connectivity index (χ1) is 9.28. The van der Waals surface area contributed by atoms with Crippen molar-refractivity contribution in [2.75, 3.05) is 26.2 Å². The third-order valence-electron chi connectivity index (χ3n) is 4.44. The van der Waals surface area contributed by atoms with Gasteiger partial charge in [-0.2, -0.15) is 0 Å². The predicted octanol–water partition coefficient (Wildman–Crippen LogP) is 3.51. The average molecular weight is 284 g/mol. The van der Waals surface area contributed by atoms with Gasteiger partial charge >= 0.3 is 6.09 Å². The Kier molecular flexibility index (Phi) is 5.87. The van der Waals surface area contributed by atoms with Gasteiger partial charge in [-0.15, -0.1) is 0 Å². The molecule has 1 rings (SSSR count). The second-order valence-electron chi connectivity index (χ2n) is 6.72. The molecule has 1 fully saturated rings. The van der Waals surface area contributed by atoms with E-state index in [4.69, 9.17) is 4.74 Å². The highest BCUT2D eigenvalue weighted by atomic mass is 16.6. The summed E-state index contributed by atoms with van der Waals surface area (Å²) in [5.41, 5.74) is -0.142. The van der Waals surface area contributed by atoms with Crippen LogP contribution in [0.3, 0.4) is 0 Å². The number of likely N-dealkylation sites (tertiary alicyclic amines) is 1. The summed E-state index contributed by atoms with van der Waals surface area (Å²) in [5.74, 6) is 0. The van der Waals surface area contributed by atoms with Crippen LogP contribution in [0.25, 0.3) is 0 Å². The van der Waals surface area contributed by atoms with E-state index in [0.717, 1.165) is 45.4 Å². The molecule has 20 heavy (non-hydrogen) atoms. The molecule has 0 spiro atoms. The molecule has 0 unspecified atom stereocenters. The van der Waals surface area contributed by atoms with Gasteiger partial charge in [-0.25, -0.2) is 4.79 Å². The summed E-state index contributed by atoms with van der Waals surface area (Å²) < 4.78 is 5.47. The van der Waals surface area contributed by atoms with E-state index in [2.05, 4.69) is 25.7 Å². The molecule has 1 saturated heterocycles. The molecule has 0 aromatic heterocycles. The zero-order chi connectivity index (χ0) is 15.4. The second kappa shape index (κ2) is 6.79. The van der Waals surface area contributed by atoms with Crippen molar-refractivity contribution in [2.24, 2.45) is 0 Å². The summed E-state index contributed by atoms with van der Waals surface area (Å²) in [7, 11) is 0. The molecule has 0 saturated carbocycles. The fourth-order valence-corrected chi connectivity index (χ4v) is 3.22. The third kappa shape index (κ3) is 4.11. The molecule has 0 bridgehead atoms. The Balaban J connectivity index is 2.63. The fourth-order valence-electron chi connectivity index (χ4n) is 3.22. The lowest BCUT2D eigenvalue weighted by atomic mass is 9.83. The highest BCUT2D eigenvalue weighted by Crippen LogP contribution is 2.32. The minimum atomic E-state index is -0.407. The van der Waals surface area contributed by atoms with E-state index in [1.165, 1.54) is 0 Å². The van der Waals surface area contributed by atoms with Gasteiger partial charge in [-0.3, -0.25) is 4.90 Å². The first-order valence-corrected chi connectivity index (χ1v) is 8.01. The number of amides is 1. The second-order valence-corrected chi connectivity index (χ2v) is 6.72. The zero-order valence-electron chi connectivity index (χ0n) is 14.2. The van der Waals surface area contributed by atoms with Crippen molar-refractivity contribution in [1.82, 2.24) is 9.80 Å². The first kappa shape index (κ1) is 17.3. The van der Waals surface area contributed by atoms with Gasteiger partial charge in [0.05, 0.1) is 0 Å². The predicted molar refractivity (Wildman–Crippen MR) is 83.0 cm³/mol. The molecule has 1 aliphatic rings. The van der Waals surface area contributed by atoms with Gasteiger partial charge in [0.25, 0.3) is 0 Å². The lowest BCUT2D eigenvalue weighted by Crippen LogP contribution is -2.56. The van der Waals surface area contributed by atoms with Crippen LogP contribution in [-0.4, -0.2) is 53.2 Å². The number of carbonyl (C=O) groups excluding carboxylic acids is 1. The molecule has 0 aromatic carbocycles. The van der Waals surface area contributed by atoms with Crippen molar-refractivity contribution in [2.45, 2.75) is 71.9 Å². The number of nitrogens with zero attached hydrogens (tertiary/aromatic N) is 2. The molecule has 1 aliphatic heterocycles. The van der Waals surface area contributed by atoms with Crippen LogP contribution in [0.4, 0.5) is 4.79 Å². The summed E-state index contributed by atoms with van der Waals surface area (Å²) in [6, 6.07) is 0. The van der Waals surface area contributed by atoms with Crippen LogP contribution in [-0.2, 0) is 4.74 Å². The minimum absolute atomic E-state index is 0.165. The smallest absolute Gasteiger partial charge is 0.410 e. The molecule has 1 amide bonds. The molecule has 118 valence electrons. The molecule has 1 heterocycles. The van der Waals surface area contributed by atoms with Crippen LogP contribution in [0.5, 0.6) is 0 Å². The van der Waals surface area contributed by atoms with Crippen LogP contribution in [0.15, 0.2) is 0 Å². The van der Waals surface area contributed by atoms with Crippen molar-refractivity contribution in [3.05, 3.63) is 0 Å². The van der Waals surface area contributed by atoms with Gasteiger partial charge in [-0.1, -0.05) is 20.8 Å². The van der Waals surface area contributed by atoms with E-state index < -0.39 is 5.60 Å². The molecule has 0 aliphatic carbocycles. The molecule has 4 nitrogen and oxygen atoms in total. The van der Waals surface area contributed by atoms with Gasteiger partial charge in [0, 0.05) is 18.6 Å². The number of rotatable bonds is 4. The Morgan fingerprint density at radius 1 is 1.15 bits per heavy atom. The number of hydrogen-bond acceptors (Lipinski definition) is 3. The highest BCUT2D eigenvalue weighted by Gasteiger charge is 2.38. The Labute approximate surface area is 124 Å². The number of hydrogen-bond donors (Lipinski definition) is 0. The Bertz CT molecular complexity index is 311. The quantitative estimate of drug-likeness (QED) is 0.792. The van der Waals surface area contributed by atoms with Crippen LogP contribution < -0.4 is 0 Å². The monoisotopic (exact) mass is 284 g/mol. The number of ether oxygens (including phenoxy) is 1. The van der Waals surface area contributed by atoms with Crippen molar-refractivity contribution in [3.63, 3.8) is 0 Å². The van der Waals surface area contributed by atoms with Crippen LogP contribution in [0.1, 0.15) is 60.8 Å². The van der Waals surface area contributed by atoms with Crippen molar-refractivity contribution in [1.29, 1.82) is 0 Å². The van der Waals surface area contributed by atoms with Gasteiger partial charge in [0.1, 0.15) is 5.60 Å². The van der Waals surface area contributed by atoms with E-state index >= 15 is 0 Å². The van der Waals surface area contributed by atoms with Crippen molar-refractivity contribution >= 4 is 6.09 Å². The summed E-state index contributed by atoms with van der Waals surface area (Å²) in [4.78, 5) is 16.5. The van der Waals surface area contributed by atoms with Gasteiger partial charge < -0.3 is 9.64 Å². The number of carbonyl (C=O) groups is 1. The summed E-state index contributed by atoms with van der Waals surface area (Å²) in [6.45, 7) is 16.2. The molecule has 0 N–H and O–H groups in total. The minimum Gasteiger partial charge on any atom is -0.444 e. The first-order valence-electron chi connectivity index (χ1n) is 8.01. The lowest BCUT2D eigenvalue weighted by Gasteiger charge is -2.48. The maximum Gasteiger partial charge on any atom is 0.410 e. The standard InChI is InChI=1S/C16H32N2O2/c1-7-16(18(8-2)9-3)10-12-17(13-11-16)14(19)20-15(4,5)6/h7-13H2,1-6H3. The summed E-state index contributed by atoms with van der Waals surface area (Å²) in [6.07, 6.45) is 3.08. The lowest BCUT2D eigenvalue weighted by molar-refractivity contribution is -0.00612. The largest absolute Gasteiger partial charge is 0.444 e. The third-order valence-corrected chi connectivity index (χ3v) is 4.44. The Morgan fingerprint density at radius 2 is 1.65 bits per heavy atom. The fraction of sp³-hybridized carbons (Fsp3) is 0.938. The van der Waals surface area contributed by atoms with Crippen molar-refractivity contribution in [3.8, 4) is 0 Å². The van der Waals surface area contributed by atoms with E-state index in [9.17, 15) is 4.79 Å². The van der Waals surface area contributed by atoms with Crippen molar-refractivity contribution < 1.29 is 9.53 Å². The van der Waals surface area contributed by atoms with Crippen LogP contribution >= 0.6 is 0 Å². The maximum atomic E-state index is 12.1. The highest BCUT2D eigenvalue weighted by molar-refractivity contribution is 5.68. The zero-order valence-corrected chi connectivity index (χ0v) is 14.2. The van der Waals surface area contributed by atoms with Crippen LogP contribution in [0.2, 0.25) is 0 Å². The molecular formula is C16H32N2O2. The Morgan fingerprint density at radius 3 is 2.00 bits per heavy atom. The maximum absolute atomic E-state index is 12.1. The number of piperidine rings is 1. The summed E-state index contributed by atoms with van der Waals surface area (Å²) in [5, 5.41) is 0. The SMILES string of the molecule is CCN(CC)C1(CC)CCN(C(=O)OC(C)(C)C)CC1. The van der Waals surface area contributed by atoms with E-state index in [1.54, 1.807) is 0 Å². The Hall–Kier alpha value is -0.770. The molecule has 4 heteroatoms. The summed E-state index contributed by atoms with van der Waals surface area (Å²) >= 11 is 0. The molecule has 0 aromatic rings. The molecule has 0 radical (unpaired) electrons. The van der Waals surface area contributed by atoms with E-state index in [-0.39, 0.29) is 11.6 Å². The van der Waals surface area contributed by atoms with E-state index in [0.29, 0.717) is 0 Å². The normalized spacial score (nSPS) is 19.2. The average Bonchev–Trinajstić information content (AvgIpc) is 2.38. The topological polar surface area (TPSA) is 32.8 Å². The van der Waals surface area contributed by atoms with Gasteiger partial charge in [-0.05, 0) is 53.1 Å². The van der Waals surface area contributed by atoms with Crippen LogP contribution in [0, 0.1) is 0 Å². The van der Waals surface area contributed by atoms with E-state index in [1.807, 2.05) is 25.7 Å².